The number of hydrogen-bond donors (Lipinski definition) is 2. The molecular weight excluding hydrogens is 284 g/mol. The average molecular weight is 310 g/mol. The zero-order valence-electron chi connectivity index (χ0n) is 13.4. The molecule has 0 radical (unpaired) electrons. The Morgan fingerprint density at radius 3 is 3.00 bits per heavy atom. The highest BCUT2D eigenvalue weighted by atomic mass is 16.5. The van der Waals surface area contributed by atoms with Crippen molar-refractivity contribution in [1.82, 2.24) is 20.4 Å². The summed E-state index contributed by atoms with van der Waals surface area (Å²) in [7, 11) is 0. The molecule has 2 N–H and O–H groups in total. The molecule has 7 heteroatoms. The Morgan fingerprint density at radius 2 is 2.32 bits per heavy atom. The zero-order chi connectivity index (χ0) is 15.9. The molecule has 2 amide bonds. The van der Waals surface area contributed by atoms with Gasteiger partial charge in [0, 0.05) is 38.1 Å². The molecule has 1 atom stereocenters. The summed E-state index contributed by atoms with van der Waals surface area (Å²) in [6.07, 6.45) is 4.29. The van der Waals surface area contributed by atoms with E-state index in [1.807, 2.05) is 18.7 Å². The standard InChI is InChI=1S/C15H26N4O3/c1-11(2)14-17-13(22-18-14)6-8-16-15(21)19-9-4-3-5-12(19)7-10-20/h11-12,20H,3-10H2,1-2H3,(H,16,21). The number of likely N-dealkylation sites (tertiary alicyclic amines) is 1. The number of aliphatic hydroxyl groups excluding tert-OH is 1. The third kappa shape index (κ3) is 4.43. The summed E-state index contributed by atoms with van der Waals surface area (Å²) >= 11 is 0. The summed E-state index contributed by atoms with van der Waals surface area (Å²) in [6.45, 7) is 5.37. The number of urea groups is 1. The molecule has 0 bridgehead atoms. The predicted molar refractivity (Wildman–Crippen MR) is 81.5 cm³/mol. The molecular formula is C15H26N4O3. The molecule has 0 saturated carbocycles. The van der Waals surface area contributed by atoms with Gasteiger partial charge in [-0.05, 0) is 25.7 Å². The second-order valence-electron chi connectivity index (χ2n) is 6.04. The maximum atomic E-state index is 12.3. The Kier molecular flexibility index (Phi) is 6.18. The second-order valence-corrected chi connectivity index (χ2v) is 6.04. The highest BCUT2D eigenvalue weighted by molar-refractivity contribution is 5.74. The minimum atomic E-state index is -0.0678. The lowest BCUT2D eigenvalue weighted by Crippen LogP contribution is -2.49. The van der Waals surface area contributed by atoms with Gasteiger partial charge in [0.25, 0.3) is 0 Å². The monoisotopic (exact) mass is 310 g/mol. The summed E-state index contributed by atoms with van der Waals surface area (Å²) in [5.74, 6) is 1.48. The largest absolute Gasteiger partial charge is 0.396 e. The van der Waals surface area contributed by atoms with Crippen molar-refractivity contribution in [3.8, 4) is 0 Å². The number of nitrogens with zero attached hydrogens (tertiary/aromatic N) is 3. The quantitative estimate of drug-likeness (QED) is 0.834. The average Bonchev–Trinajstić information content (AvgIpc) is 2.97. The minimum absolute atomic E-state index is 0.0678. The van der Waals surface area contributed by atoms with Crippen LogP contribution in [0.3, 0.4) is 0 Å². The Balaban J connectivity index is 1.78. The van der Waals surface area contributed by atoms with E-state index in [0.717, 1.165) is 25.8 Å². The van der Waals surface area contributed by atoms with E-state index in [9.17, 15) is 4.79 Å². The van der Waals surface area contributed by atoms with Crippen molar-refractivity contribution >= 4 is 6.03 Å². The van der Waals surface area contributed by atoms with Gasteiger partial charge in [-0.25, -0.2) is 4.79 Å². The van der Waals surface area contributed by atoms with Crippen LogP contribution in [0.1, 0.15) is 57.2 Å². The van der Waals surface area contributed by atoms with E-state index in [0.29, 0.717) is 31.1 Å². The lowest BCUT2D eigenvalue weighted by atomic mass is 10.0. The molecule has 2 heterocycles. The molecule has 7 nitrogen and oxygen atoms in total. The van der Waals surface area contributed by atoms with Gasteiger partial charge in [-0.1, -0.05) is 19.0 Å². The van der Waals surface area contributed by atoms with Crippen LogP contribution in [-0.2, 0) is 6.42 Å². The van der Waals surface area contributed by atoms with E-state index in [4.69, 9.17) is 9.63 Å². The molecule has 2 rings (SSSR count). The first kappa shape index (κ1) is 16.7. The van der Waals surface area contributed by atoms with Crippen LogP contribution >= 0.6 is 0 Å². The Morgan fingerprint density at radius 1 is 1.50 bits per heavy atom. The van der Waals surface area contributed by atoms with E-state index in [1.54, 1.807) is 0 Å². The fraction of sp³-hybridized carbons (Fsp3) is 0.800. The first-order valence-corrected chi connectivity index (χ1v) is 8.09. The van der Waals surface area contributed by atoms with Crippen LogP contribution in [0.4, 0.5) is 4.79 Å². The van der Waals surface area contributed by atoms with Crippen LogP contribution < -0.4 is 5.32 Å². The van der Waals surface area contributed by atoms with Crippen molar-refractivity contribution in [2.45, 2.75) is 57.9 Å². The lowest BCUT2D eigenvalue weighted by molar-refractivity contribution is 0.132. The fourth-order valence-electron chi connectivity index (χ4n) is 2.70. The fourth-order valence-corrected chi connectivity index (χ4v) is 2.70. The molecule has 0 aliphatic carbocycles. The van der Waals surface area contributed by atoms with Crippen LogP contribution in [-0.4, -0.2) is 51.9 Å². The number of aromatic nitrogens is 2. The summed E-state index contributed by atoms with van der Waals surface area (Å²) in [6, 6.07) is 0.0800. The summed E-state index contributed by atoms with van der Waals surface area (Å²) in [5.41, 5.74) is 0. The smallest absolute Gasteiger partial charge is 0.317 e. The lowest BCUT2D eigenvalue weighted by Gasteiger charge is -2.35. The number of rotatable bonds is 6. The van der Waals surface area contributed by atoms with Gasteiger partial charge in [-0.3, -0.25) is 0 Å². The number of nitrogens with one attached hydrogen (secondary N) is 1. The molecule has 1 aliphatic heterocycles. The third-order valence-electron chi connectivity index (χ3n) is 3.97. The zero-order valence-corrected chi connectivity index (χ0v) is 13.4. The highest BCUT2D eigenvalue weighted by Gasteiger charge is 2.25. The first-order chi connectivity index (χ1) is 10.6. The molecule has 22 heavy (non-hydrogen) atoms. The number of piperidine rings is 1. The van der Waals surface area contributed by atoms with Crippen molar-refractivity contribution in [3.05, 3.63) is 11.7 Å². The van der Waals surface area contributed by atoms with E-state index in [1.165, 1.54) is 0 Å². The minimum Gasteiger partial charge on any atom is -0.396 e. The predicted octanol–water partition coefficient (Wildman–Crippen LogP) is 1.68. The van der Waals surface area contributed by atoms with Gasteiger partial charge in [0.05, 0.1) is 0 Å². The van der Waals surface area contributed by atoms with E-state index in [2.05, 4.69) is 15.5 Å². The number of carbonyl (C=O) groups is 1. The van der Waals surface area contributed by atoms with E-state index in [-0.39, 0.29) is 24.6 Å². The maximum absolute atomic E-state index is 12.3. The SMILES string of the molecule is CC(C)c1noc(CCNC(=O)N2CCCCC2CCO)n1. The van der Waals surface area contributed by atoms with Gasteiger partial charge in [-0.2, -0.15) is 4.98 Å². The first-order valence-electron chi connectivity index (χ1n) is 8.09. The number of aliphatic hydroxyl groups is 1. The Bertz CT molecular complexity index is 473. The molecule has 1 unspecified atom stereocenters. The van der Waals surface area contributed by atoms with Crippen molar-refractivity contribution in [2.24, 2.45) is 0 Å². The van der Waals surface area contributed by atoms with E-state index < -0.39 is 0 Å². The number of amides is 2. The topological polar surface area (TPSA) is 91.5 Å². The second kappa shape index (κ2) is 8.12. The molecule has 0 spiro atoms. The molecule has 1 fully saturated rings. The summed E-state index contributed by atoms with van der Waals surface area (Å²) in [4.78, 5) is 18.4. The Labute approximate surface area is 131 Å². The summed E-state index contributed by atoms with van der Waals surface area (Å²) < 4.78 is 5.15. The molecule has 1 saturated heterocycles. The Hall–Kier alpha value is -1.63. The van der Waals surface area contributed by atoms with Gasteiger partial charge in [0.15, 0.2) is 5.82 Å². The maximum Gasteiger partial charge on any atom is 0.317 e. The van der Waals surface area contributed by atoms with Crippen LogP contribution in [0.15, 0.2) is 4.52 Å². The van der Waals surface area contributed by atoms with Crippen molar-refractivity contribution < 1.29 is 14.4 Å². The van der Waals surface area contributed by atoms with E-state index >= 15 is 0 Å². The molecule has 1 aromatic heterocycles. The molecule has 1 aliphatic rings. The van der Waals surface area contributed by atoms with Gasteiger partial charge in [-0.15, -0.1) is 0 Å². The number of hydrogen-bond acceptors (Lipinski definition) is 5. The number of carbonyl (C=O) groups excluding carboxylic acids is 1. The van der Waals surface area contributed by atoms with Crippen LogP contribution in [0, 0.1) is 0 Å². The van der Waals surface area contributed by atoms with Gasteiger partial charge >= 0.3 is 6.03 Å². The molecule has 124 valence electrons. The van der Waals surface area contributed by atoms with Gasteiger partial charge in [0.2, 0.25) is 5.89 Å². The normalized spacial score (nSPS) is 18.7. The van der Waals surface area contributed by atoms with Crippen molar-refractivity contribution in [1.29, 1.82) is 0 Å². The van der Waals surface area contributed by atoms with Gasteiger partial charge < -0.3 is 19.8 Å². The van der Waals surface area contributed by atoms with Crippen LogP contribution in [0.5, 0.6) is 0 Å². The van der Waals surface area contributed by atoms with Crippen molar-refractivity contribution in [2.75, 3.05) is 19.7 Å². The van der Waals surface area contributed by atoms with Crippen LogP contribution in [0.2, 0.25) is 0 Å². The molecule has 1 aromatic rings. The van der Waals surface area contributed by atoms with Crippen molar-refractivity contribution in [3.63, 3.8) is 0 Å². The van der Waals surface area contributed by atoms with Crippen LogP contribution in [0.25, 0.3) is 0 Å². The summed E-state index contributed by atoms with van der Waals surface area (Å²) in [5, 5.41) is 15.9. The van der Waals surface area contributed by atoms with Gasteiger partial charge in [0.1, 0.15) is 0 Å². The highest BCUT2D eigenvalue weighted by Crippen LogP contribution is 2.19. The third-order valence-corrected chi connectivity index (χ3v) is 3.97. The molecule has 0 aromatic carbocycles.